The van der Waals surface area contributed by atoms with E-state index in [1.54, 1.807) is 6.92 Å². The molecule has 0 aromatic carbocycles. The Hall–Kier alpha value is -0.660. The molecule has 1 aliphatic heterocycles. The molecular weight excluding hydrogens is 296 g/mol. The van der Waals surface area contributed by atoms with Crippen molar-refractivity contribution in [1.29, 1.82) is 0 Å². The van der Waals surface area contributed by atoms with E-state index in [4.69, 9.17) is 14.2 Å². The maximum atomic E-state index is 10.9. The summed E-state index contributed by atoms with van der Waals surface area (Å²) in [5, 5.41) is 9.64. The molecule has 1 saturated heterocycles. The normalized spacial score (nSPS) is 37.4. The lowest BCUT2D eigenvalue weighted by molar-refractivity contribution is -0.248. The van der Waals surface area contributed by atoms with Crippen LogP contribution in [0.25, 0.3) is 0 Å². The summed E-state index contributed by atoms with van der Waals surface area (Å²) in [6, 6.07) is 0. The second-order valence-corrected chi connectivity index (χ2v) is 4.88. The molecule has 1 heterocycles. The first-order valence-corrected chi connectivity index (χ1v) is 6.06. The summed E-state index contributed by atoms with van der Waals surface area (Å²) >= 11 is 3.26. The zero-order valence-corrected chi connectivity index (χ0v) is 11.3. The molecule has 0 radical (unpaired) electrons. The van der Waals surface area contributed by atoms with Crippen LogP contribution in [0.5, 0.6) is 0 Å². The van der Waals surface area contributed by atoms with E-state index in [1.807, 2.05) is 0 Å². The van der Waals surface area contributed by atoms with Gasteiger partial charge in [-0.25, -0.2) is 0 Å². The summed E-state index contributed by atoms with van der Waals surface area (Å²) in [6.45, 7) is 4.17. The highest BCUT2D eigenvalue weighted by molar-refractivity contribution is 9.09. The minimum absolute atomic E-state index is 0.465. The average molecular weight is 311 g/mol. The second-order valence-electron chi connectivity index (χ2n) is 3.82. The molecule has 1 rings (SSSR count). The van der Waals surface area contributed by atoms with Gasteiger partial charge in [0.2, 0.25) is 0 Å². The Labute approximate surface area is 107 Å². The van der Waals surface area contributed by atoms with Crippen LogP contribution in [-0.2, 0) is 23.8 Å². The first-order chi connectivity index (χ1) is 7.82. The highest BCUT2D eigenvalue weighted by atomic mass is 79.9. The van der Waals surface area contributed by atoms with Crippen LogP contribution in [0.1, 0.15) is 20.8 Å². The van der Waals surface area contributed by atoms with Gasteiger partial charge in [-0.3, -0.25) is 9.59 Å². The lowest BCUT2D eigenvalue weighted by atomic mass is 10.0. The lowest BCUT2D eigenvalue weighted by Crippen LogP contribution is -2.56. The van der Waals surface area contributed by atoms with Gasteiger partial charge in [0.15, 0.2) is 12.4 Å². The Morgan fingerprint density at radius 1 is 1.18 bits per heavy atom. The van der Waals surface area contributed by atoms with Crippen LogP contribution in [0.3, 0.4) is 0 Å². The quantitative estimate of drug-likeness (QED) is 0.585. The zero-order valence-electron chi connectivity index (χ0n) is 9.75. The first-order valence-electron chi connectivity index (χ1n) is 5.15. The van der Waals surface area contributed by atoms with Crippen molar-refractivity contribution >= 4 is 27.9 Å². The third-order valence-corrected chi connectivity index (χ3v) is 3.37. The molecule has 17 heavy (non-hydrogen) atoms. The number of ether oxygens (including phenoxy) is 3. The van der Waals surface area contributed by atoms with Crippen LogP contribution < -0.4 is 0 Å². The minimum atomic E-state index is -1.25. The van der Waals surface area contributed by atoms with Gasteiger partial charge in [-0.2, -0.15) is 0 Å². The average Bonchev–Trinajstić information content (AvgIpc) is 2.18. The summed E-state index contributed by atoms with van der Waals surface area (Å²) in [5.74, 6) is -1.01. The highest BCUT2D eigenvalue weighted by Crippen LogP contribution is 2.29. The number of carbonyl (C=O) groups excluding carboxylic acids is 2. The zero-order chi connectivity index (χ0) is 13.2. The van der Waals surface area contributed by atoms with E-state index >= 15 is 0 Å². The third kappa shape index (κ3) is 3.65. The maximum absolute atomic E-state index is 10.9. The van der Waals surface area contributed by atoms with Gasteiger partial charge < -0.3 is 19.3 Å². The van der Waals surface area contributed by atoms with Gasteiger partial charge in [-0.15, -0.1) is 0 Å². The Morgan fingerprint density at radius 3 is 2.12 bits per heavy atom. The van der Waals surface area contributed by atoms with Crippen LogP contribution in [0.4, 0.5) is 0 Å². The molecule has 0 aliphatic carbocycles. The number of hydrogen-bond donors (Lipinski definition) is 1. The Bertz CT molecular complexity index is 279. The van der Waals surface area contributed by atoms with E-state index < -0.39 is 41.4 Å². The van der Waals surface area contributed by atoms with Crippen LogP contribution in [0.15, 0.2) is 0 Å². The number of alkyl halides is 1. The number of halogens is 1. The van der Waals surface area contributed by atoms with Gasteiger partial charge in [-0.1, -0.05) is 15.9 Å². The molecule has 0 spiro atoms. The molecule has 1 aliphatic rings. The van der Waals surface area contributed by atoms with Crippen molar-refractivity contribution in [3.8, 4) is 0 Å². The van der Waals surface area contributed by atoms with Crippen molar-refractivity contribution in [3.63, 3.8) is 0 Å². The molecule has 0 aromatic rings. The van der Waals surface area contributed by atoms with Gasteiger partial charge in [0.25, 0.3) is 0 Å². The smallest absolute Gasteiger partial charge is 0.303 e. The molecule has 0 saturated carbocycles. The molecule has 6 nitrogen and oxygen atoms in total. The molecule has 98 valence electrons. The standard InChI is InChI=1S/C10H15BrO6/c1-4-8(16-5(2)12)7(11)9(10(14)15-4)17-6(3)13/h4,7-10,14H,1-3H3/t4-,7-,8-,9-,10+/m1/s1. The molecule has 1 N–H and O–H groups in total. The molecule has 7 heteroatoms. The summed E-state index contributed by atoms with van der Waals surface area (Å²) in [7, 11) is 0. The summed E-state index contributed by atoms with van der Waals surface area (Å²) in [4.78, 5) is 21.3. The summed E-state index contributed by atoms with van der Waals surface area (Å²) in [5.41, 5.74) is 0. The molecule has 0 bridgehead atoms. The monoisotopic (exact) mass is 310 g/mol. The van der Waals surface area contributed by atoms with Gasteiger partial charge in [0.05, 0.1) is 10.9 Å². The molecule has 0 unspecified atom stereocenters. The predicted octanol–water partition coefficient (Wildman–Crippen LogP) is 0.350. The van der Waals surface area contributed by atoms with Crippen molar-refractivity contribution < 1.29 is 28.9 Å². The number of carbonyl (C=O) groups is 2. The van der Waals surface area contributed by atoms with Crippen LogP contribution in [0, 0.1) is 0 Å². The number of esters is 2. The number of aliphatic hydroxyl groups excluding tert-OH is 1. The number of rotatable bonds is 2. The van der Waals surface area contributed by atoms with Crippen molar-refractivity contribution in [2.45, 2.75) is 50.2 Å². The third-order valence-electron chi connectivity index (χ3n) is 2.33. The van der Waals surface area contributed by atoms with E-state index in [-0.39, 0.29) is 0 Å². The van der Waals surface area contributed by atoms with Gasteiger partial charge in [-0.05, 0) is 6.92 Å². The van der Waals surface area contributed by atoms with E-state index in [0.717, 1.165) is 0 Å². The highest BCUT2D eigenvalue weighted by Gasteiger charge is 2.46. The summed E-state index contributed by atoms with van der Waals surface area (Å²) in [6.07, 6.45) is -3.27. The molecule has 1 fully saturated rings. The van der Waals surface area contributed by atoms with Crippen LogP contribution in [0.2, 0.25) is 0 Å². The van der Waals surface area contributed by atoms with Gasteiger partial charge >= 0.3 is 11.9 Å². The Kier molecular flexibility index (Phi) is 4.91. The maximum Gasteiger partial charge on any atom is 0.303 e. The fourth-order valence-corrected chi connectivity index (χ4v) is 2.55. The fourth-order valence-electron chi connectivity index (χ4n) is 1.65. The van der Waals surface area contributed by atoms with Crippen molar-refractivity contribution in [1.82, 2.24) is 0 Å². The van der Waals surface area contributed by atoms with Crippen molar-refractivity contribution in [2.75, 3.05) is 0 Å². The predicted molar refractivity (Wildman–Crippen MR) is 60.4 cm³/mol. The van der Waals surface area contributed by atoms with Crippen LogP contribution >= 0.6 is 15.9 Å². The molecule has 5 atom stereocenters. The van der Waals surface area contributed by atoms with E-state index in [2.05, 4.69) is 15.9 Å². The molecule has 0 amide bonds. The van der Waals surface area contributed by atoms with E-state index in [0.29, 0.717) is 0 Å². The molecule has 0 aromatic heterocycles. The van der Waals surface area contributed by atoms with Gasteiger partial charge in [0.1, 0.15) is 6.10 Å². The molecular formula is C10H15BrO6. The second kappa shape index (κ2) is 5.79. The number of hydrogen-bond acceptors (Lipinski definition) is 6. The van der Waals surface area contributed by atoms with Gasteiger partial charge in [0, 0.05) is 13.8 Å². The minimum Gasteiger partial charge on any atom is -0.458 e. The lowest BCUT2D eigenvalue weighted by Gasteiger charge is -2.40. The summed E-state index contributed by atoms with van der Waals surface area (Å²) < 4.78 is 15.1. The largest absolute Gasteiger partial charge is 0.458 e. The topological polar surface area (TPSA) is 82.1 Å². The fraction of sp³-hybridized carbons (Fsp3) is 0.800. The van der Waals surface area contributed by atoms with Crippen molar-refractivity contribution in [3.05, 3.63) is 0 Å². The van der Waals surface area contributed by atoms with Crippen LogP contribution in [-0.4, -0.2) is 46.5 Å². The van der Waals surface area contributed by atoms with E-state index in [1.165, 1.54) is 13.8 Å². The Balaban J connectivity index is 2.78. The first kappa shape index (κ1) is 14.4. The van der Waals surface area contributed by atoms with E-state index in [9.17, 15) is 14.7 Å². The number of aliphatic hydroxyl groups is 1. The Morgan fingerprint density at radius 2 is 1.65 bits per heavy atom. The SMILES string of the molecule is CC(=O)O[C@@H]1[C@H](Br)[C@H](OC(C)=O)[C@@H](C)O[C@@H]1O. The van der Waals surface area contributed by atoms with Crippen molar-refractivity contribution in [2.24, 2.45) is 0 Å².